The Balaban J connectivity index is 1.62. The summed E-state index contributed by atoms with van der Waals surface area (Å²) >= 11 is 0. The second-order valence-corrected chi connectivity index (χ2v) is 10.3. The Morgan fingerprint density at radius 2 is 1.69 bits per heavy atom. The van der Waals surface area contributed by atoms with Crippen molar-refractivity contribution >= 4 is 11.9 Å². The van der Waals surface area contributed by atoms with Gasteiger partial charge >= 0.3 is 0 Å². The molecule has 2 nitrogen and oxygen atoms in total. The summed E-state index contributed by atoms with van der Waals surface area (Å²) in [7, 11) is 0. The summed E-state index contributed by atoms with van der Waals surface area (Å²) in [6.45, 7) is 8.50. The Hall–Kier alpha value is -2.48. The molecule has 1 atom stereocenters. The average Bonchev–Trinajstić information content (AvgIpc) is 2.91. The highest BCUT2D eigenvalue weighted by molar-refractivity contribution is 6.02. The molecule has 0 amide bonds. The predicted molar refractivity (Wildman–Crippen MR) is 154 cm³/mol. The second kappa shape index (κ2) is 15.5. The molecule has 2 heteroatoms. The van der Waals surface area contributed by atoms with Crippen molar-refractivity contribution in [2.24, 2.45) is 28.0 Å². The Morgan fingerprint density at radius 3 is 2.34 bits per heavy atom. The standard InChI is InChI=1S/C33H46N2/c1-4-7-8-9-11-15-27-18-20-28(21-19-27)26-34-35-33(31-16-12-10-13-17-31)32-24-22-30(23-25-32)29(6-3)14-5-2/h4,10,12-13,16-21,26,29-30,32H,1,5-9,11,14-15,22-25H2,2-3H3. The van der Waals surface area contributed by atoms with Crippen LogP contribution in [0.25, 0.3) is 0 Å². The molecule has 2 aromatic carbocycles. The number of hydrogen-bond donors (Lipinski definition) is 0. The van der Waals surface area contributed by atoms with E-state index < -0.39 is 0 Å². The Morgan fingerprint density at radius 1 is 0.943 bits per heavy atom. The fraction of sp³-hybridized carbons (Fsp3) is 0.515. The summed E-state index contributed by atoms with van der Waals surface area (Å²) in [6.07, 6.45) is 19.1. The first-order valence-electron chi connectivity index (χ1n) is 14.1. The van der Waals surface area contributed by atoms with Gasteiger partial charge in [0.05, 0.1) is 11.9 Å². The molecule has 35 heavy (non-hydrogen) atoms. The number of unbranched alkanes of at least 4 members (excludes halogenated alkanes) is 3. The zero-order valence-electron chi connectivity index (χ0n) is 22.2. The fourth-order valence-corrected chi connectivity index (χ4v) is 5.71. The summed E-state index contributed by atoms with van der Waals surface area (Å²) in [5, 5.41) is 9.39. The van der Waals surface area contributed by atoms with Crippen LogP contribution in [-0.2, 0) is 6.42 Å². The van der Waals surface area contributed by atoms with Gasteiger partial charge in [-0.15, -0.1) is 6.58 Å². The largest absolute Gasteiger partial charge is 0.158 e. The maximum Gasteiger partial charge on any atom is 0.0733 e. The summed E-state index contributed by atoms with van der Waals surface area (Å²) in [4.78, 5) is 0. The molecule has 2 aromatic rings. The molecule has 0 radical (unpaired) electrons. The molecule has 1 aliphatic carbocycles. The maximum absolute atomic E-state index is 4.82. The van der Waals surface area contributed by atoms with Crippen molar-refractivity contribution in [1.82, 2.24) is 0 Å². The van der Waals surface area contributed by atoms with Crippen LogP contribution in [0.1, 0.15) is 101 Å². The molecule has 188 valence electrons. The highest BCUT2D eigenvalue weighted by Crippen LogP contribution is 2.38. The lowest BCUT2D eigenvalue weighted by molar-refractivity contribution is 0.212. The van der Waals surface area contributed by atoms with Gasteiger partial charge < -0.3 is 0 Å². The van der Waals surface area contributed by atoms with Crippen molar-refractivity contribution in [2.75, 3.05) is 0 Å². The third-order valence-corrected chi connectivity index (χ3v) is 7.80. The van der Waals surface area contributed by atoms with Crippen LogP contribution in [0.4, 0.5) is 0 Å². The van der Waals surface area contributed by atoms with Crippen molar-refractivity contribution < 1.29 is 0 Å². The highest BCUT2D eigenvalue weighted by Gasteiger charge is 2.29. The molecule has 0 aromatic heterocycles. The zero-order chi connectivity index (χ0) is 24.7. The van der Waals surface area contributed by atoms with E-state index in [0.717, 1.165) is 30.2 Å². The van der Waals surface area contributed by atoms with Gasteiger partial charge in [0.1, 0.15) is 0 Å². The van der Waals surface area contributed by atoms with Crippen molar-refractivity contribution in [2.45, 2.75) is 90.9 Å². The molecule has 1 saturated carbocycles. The molecular weight excluding hydrogens is 424 g/mol. The number of aryl methyl sites for hydroxylation is 1. The molecule has 0 bridgehead atoms. The minimum atomic E-state index is 0.508. The lowest BCUT2D eigenvalue weighted by atomic mass is 9.72. The minimum Gasteiger partial charge on any atom is -0.158 e. The predicted octanol–water partition coefficient (Wildman–Crippen LogP) is 9.43. The Bertz CT molecular complexity index is 902. The summed E-state index contributed by atoms with van der Waals surface area (Å²) in [6, 6.07) is 19.5. The number of nitrogens with zero attached hydrogens (tertiary/aromatic N) is 2. The van der Waals surface area contributed by atoms with Gasteiger partial charge in [-0.3, -0.25) is 0 Å². The van der Waals surface area contributed by atoms with Gasteiger partial charge in [0.15, 0.2) is 0 Å². The summed E-state index contributed by atoms with van der Waals surface area (Å²) < 4.78 is 0. The van der Waals surface area contributed by atoms with Crippen LogP contribution in [0, 0.1) is 17.8 Å². The van der Waals surface area contributed by atoms with Crippen LogP contribution in [0.5, 0.6) is 0 Å². The summed E-state index contributed by atoms with van der Waals surface area (Å²) in [5.41, 5.74) is 4.91. The van der Waals surface area contributed by atoms with Crippen LogP contribution in [0.2, 0.25) is 0 Å². The zero-order valence-corrected chi connectivity index (χ0v) is 22.2. The Kier molecular flexibility index (Phi) is 12.0. The third-order valence-electron chi connectivity index (χ3n) is 7.80. The van der Waals surface area contributed by atoms with E-state index in [1.54, 1.807) is 0 Å². The third kappa shape index (κ3) is 8.91. The fourth-order valence-electron chi connectivity index (χ4n) is 5.71. The van der Waals surface area contributed by atoms with E-state index in [9.17, 15) is 0 Å². The highest BCUT2D eigenvalue weighted by atomic mass is 15.2. The summed E-state index contributed by atoms with van der Waals surface area (Å²) in [5.74, 6) is 2.29. The molecule has 0 aliphatic heterocycles. The van der Waals surface area contributed by atoms with Gasteiger partial charge in [0, 0.05) is 5.92 Å². The normalized spacial score (nSPS) is 19.7. The molecule has 3 rings (SSSR count). The molecule has 0 heterocycles. The van der Waals surface area contributed by atoms with Crippen LogP contribution < -0.4 is 0 Å². The minimum absolute atomic E-state index is 0.508. The van der Waals surface area contributed by atoms with Gasteiger partial charge in [-0.2, -0.15) is 10.2 Å². The molecule has 1 fully saturated rings. The molecule has 1 unspecified atom stereocenters. The smallest absolute Gasteiger partial charge is 0.0733 e. The van der Waals surface area contributed by atoms with Crippen molar-refractivity contribution in [3.8, 4) is 0 Å². The first kappa shape index (κ1) is 27.1. The maximum atomic E-state index is 4.82. The molecular formula is C33H46N2. The van der Waals surface area contributed by atoms with Crippen LogP contribution in [0.15, 0.2) is 77.5 Å². The van der Waals surface area contributed by atoms with E-state index in [4.69, 9.17) is 5.10 Å². The number of allylic oxidation sites excluding steroid dienone is 1. The molecule has 0 N–H and O–H groups in total. The second-order valence-electron chi connectivity index (χ2n) is 10.3. The topological polar surface area (TPSA) is 24.7 Å². The van der Waals surface area contributed by atoms with Gasteiger partial charge in [-0.1, -0.05) is 100 Å². The first-order valence-corrected chi connectivity index (χ1v) is 14.1. The number of rotatable bonds is 14. The van der Waals surface area contributed by atoms with Crippen molar-refractivity contribution in [3.05, 3.63) is 83.9 Å². The van der Waals surface area contributed by atoms with E-state index in [-0.39, 0.29) is 0 Å². The number of benzene rings is 2. The van der Waals surface area contributed by atoms with E-state index in [1.807, 2.05) is 12.3 Å². The average molecular weight is 471 g/mol. The van der Waals surface area contributed by atoms with Crippen molar-refractivity contribution in [3.63, 3.8) is 0 Å². The molecule has 0 spiro atoms. The van der Waals surface area contributed by atoms with E-state index in [2.05, 4.69) is 80.1 Å². The lowest BCUT2D eigenvalue weighted by Gasteiger charge is -2.34. The quantitative estimate of drug-likeness (QED) is 0.114. The number of hydrogen-bond acceptors (Lipinski definition) is 2. The lowest BCUT2D eigenvalue weighted by Crippen LogP contribution is -2.26. The van der Waals surface area contributed by atoms with Crippen LogP contribution >= 0.6 is 0 Å². The van der Waals surface area contributed by atoms with Crippen LogP contribution in [-0.4, -0.2) is 11.9 Å². The van der Waals surface area contributed by atoms with Gasteiger partial charge in [0.2, 0.25) is 0 Å². The Labute approximate surface area is 214 Å². The SMILES string of the molecule is C=CCCCCCc1ccc(C=NN=C(c2ccccc2)C2CCC(C(CC)CCC)CC2)cc1. The molecule has 0 saturated heterocycles. The monoisotopic (exact) mass is 470 g/mol. The van der Waals surface area contributed by atoms with Crippen LogP contribution in [0.3, 0.4) is 0 Å². The van der Waals surface area contributed by atoms with Crippen molar-refractivity contribution in [1.29, 1.82) is 0 Å². The molecule has 1 aliphatic rings. The van der Waals surface area contributed by atoms with Gasteiger partial charge in [-0.05, 0) is 79.9 Å². The van der Waals surface area contributed by atoms with Gasteiger partial charge in [0.25, 0.3) is 0 Å². The first-order chi connectivity index (χ1) is 17.2. The van der Waals surface area contributed by atoms with Gasteiger partial charge in [-0.25, -0.2) is 0 Å². The van der Waals surface area contributed by atoms with E-state index in [0.29, 0.717) is 5.92 Å². The van der Waals surface area contributed by atoms with E-state index in [1.165, 1.54) is 81.0 Å². The van der Waals surface area contributed by atoms with E-state index >= 15 is 0 Å².